The number of carbonyl (C=O) groups is 2. The summed E-state index contributed by atoms with van der Waals surface area (Å²) in [5, 5.41) is 19.6. The molecule has 134 valence electrons. The van der Waals surface area contributed by atoms with Gasteiger partial charge in [-0.25, -0.2) is 4.79 Å². The second-order valence-electron chi connectivity index (χ2n) is 6.73. The van der Waals surface area contributed by atoms with Gasteiger partial charge in [-0.05, 0) is 19.1 Å². The van der Waals surface area contributed by atoms with E-state index in [2.05, 4.69) is 4.98 Å². The van der Waals surface area contributed by atoms with E-state index in [1.165, 1.54) is 16.7 Å². The predicted molar refractivity (Wildman–Crippen MR) is 94.6 cm³/mol. The van der Waals surface area contributed by atoms with E-state index in [9.17, 15) is 19.8 Å². The molecular formula is C18H22N2O4S. The molecule has 0 aromatic carbocycles. The Morgan fingerprint density at radius 3 is 2.68 bits per heavy atom. The zero-order valence-electron chi connectivity index (χ0n) is 14.4. The van der Waals surface area contributed by atoms with Crippen LogP contribution in [0, 0.1) is 11.8 Å². The van der Waals surface area contributed by atoms with Crippen molar-refractivity contribution in [3.8, 4) is 0 Å². The molecule has 3 rings (SSSR count). The number of aliphatic hydroxyl groups is 1. The zero-order valence-corrected chi connectivity index (χ0v) is 15.2. The number of rotatable bonds is 6. The van der Waals surface area contributed by atoms with Crippen molar-refractivity contribution in [2.45, 2.75) is 44.6 Å². The molecule has 0 spiro atoms. The standard InChI is InChI=1S/C18H22N2O4S/c1-9(8-12-6-4-5-7-19-12)25-16-10(2)14-13(11(3)21)17(22)20(14)15(16)18(23)24/h4-7,9-11,13-14,21H,8H2,1-3H3,(H,23,24)/t9-,10+,11+,13+,14+/m0/s1. The number of carbonyl (C=O) groups excluding carboxylic acids is 1. The number of aliphatic hydroxyl groups excluding tert-OH is 1. The number of hydrogen-bond donors (Lipinski definition) is 2. The summed E-state index contributed by atoms with van der Waals surface area (Å²) in [6, 6.07) is 5.47. The van der Waals surface area contributed by atoms with Gasteiger partial charge < -0.3 is 15.1 Å². The van der Waals surface area contributed by atoms with Crippen LogP contribution in [-0.2, 0) is 16.0 Å². The van der Waals surface area contributed by atoms with Gasteiger partial charge in [0.15, 0.2) is 0 Å². The number of thioether (sulfide) groups is 1. The van der Waals surface area contributed by atoms with E-state index < -0.39 is 18.0 Å². The summed E-state index contributed by atoms with van der Waals surface area (Å²) in [6.07, 6.45) is 1.68. The molecule has 3 heterocycles. The van der Waals surface area contributed by atoms with Crippen LogP contribution in [0.2, 0.25) is 0 Å². The predicted octanol–water partition coefficient (Wildman–Crippen LogP) is 1.90. The van der Waals surface area contributed by atoms with Crippen molar-refractivity contribution in [1.29, 1.82) is 0 Å². The molecule has 2 aliphatic rings. The molecular weight excluding hydrogens is 340 g/mol. The molecule has 0 aliphatic carbocycles. The van der Waals surface area contributed by atoms with E-state index in [0.29, 0.717) is 6.42 Å². The molecule has 25 heavy (non-hydrogen) atoms. The number of carboxylic acid groups (broad SMARTS) is 1. The van der Waals surface area contributed by atoms with Crippen LogP contribution < -0.4 is 0 Å². The van der Waals surface area contributed by atoms with Crippen LogP contribution in [-0.4, -0.2) is 49.4 Å². The molecule has 0 unspecified atom stereocenters. The topological polar surface area (TPSA) is 90.7 Å². The average Bonchev–Trinajstić information content (AvgIpc) is 2.77. The molecule has 0 bridgehead atoms. The number of amides is 1. The number of hydrogen-bond acceptors (Lipinski definition) is 5. The molecule has 6 nitrogen and oxygen atoms in total. The molecule has 1 fully saturated rings. The Kier molecular flexibility index (Phi) is 4.88. The number of fused-ring (bicyclic) bond motifs is 1. The van der Waals surface area contributed by atoms with Crippen LogP contribution in [0.1, 0.15) is 26.5 Å². The van der Waals surface area contributed by atoms with Gasteiger partial charge in [0, 0.05) is 34.4 Å². The SMILES string of the molecule is C[C@@H](Cc1ccccn1)SC1=C(C(=O)O)N2C(=O)[C@H]([C@@H](C)O)[C@H]2[C@H]1C. The summed E-state index contributed by atoms with van der Waals surface area (Å²) in [7, 11) is 0. The minimum absolute atomic E-state index is 0.0808. The van der Waals surface area contributed by atoms with Gasteiger partial charge in [-0.1, -0.05) is 19.9 Å². The molecule has 1 aromatic rings. The highest BCUT2D eigenvalue weighted by molar-refractivity contribution is 8.03. The van der Waals surface area contributed by atoms with Gasteiger partial charge in [0.1, 0.15) is 5.70 Å². The fourth-order valence-electron chi connectivity index (χ4n) is 3.75. The molecule has 0 radical (unpaired) electrons. The van der Waals surface area contributed by atoms with Gasteiger partial charge >= 0.3 is 5.97 Å². The largest absolute Gasteiger partial charge is 0.477 e. The number of carboxylic acids is 1. The summed E-state index contributed by atoms with van der Waals surface area (Å²) in [5.74, 6) is -2.00. The van der Waals surface area contributed by atoms with Gasteiger partial charge in [-0.2, -0.15) is 0 Å². The second kappa shape index (κ2) is 6.80. The molecule has 7 heteroatoms. The summed E-state index contributed by atoms with van der Waals surface area (Å²) in [6.45, 7) is 5.55. The van der Waals surface area contributed by atoms with Gasteiger partial charge in [-0.15, -0.1) is 11.8 Å². The lowest BCUT2D eigenvalue weighted by atomic mass is 9.79. The van der Waals surface area contributed by atoms with Crippen LogP contribution in [0.5, 0.6) is 0 Å². The fraction of sp³-hybridized carbons (Fsp3) is 0.500. The first-order chi connectivity index (χ1) is 11.8. The first kappa shape index (κ1) is 17.9. The smallest absolute Gasteiger partial charge is 0.353 e. The minimum atomic E-state index is -1.08. The van der Waals surface area contributed by atoms with Crippen molar-refractivity contribution in [3.63, 3.8) is 0 Å². The third kappa shape index (κ3) is 3.06. The minimum Gasteiger partial charge on any atom is -0.477 e. The average molecular weight is 362 g/mol. The Labute approximate surface area is 150 Å². The molecule has 1 aromatic heterocycles. The summed E-state index contributed by atoms with van der Waals surface area (Å²) in [4.78, 5) is 30.5. The van der Waals surface area contributed by atoms with Crippen molar-refractivity contribution in [2.24, 2.45) is 11.8 Å². The number of nitrogens with zero attached hydrogens (tertiary/aromatic N) is 2. The molecule has 5 atom stereocenters. The highest BCUT2D eigenvalue weighted by Crippen LogP contribution is 2.51. The van der Waals surface area contributed by atoms with Gasteiger partial charge in [-0.3, -0.25) is 9.78 Å². The summed E-state index contributed by atoms with van der Waals surface area (Å²) in [5.41, 5.74) is 1.03. The van der Waals surface area contributed by atoms with Crippen molar-refractivity contribution in [3.05, 3.63) is 40.7 Å². The molecule has 0 saturated carbocycles. The number of pyridine rings is 1. The lowest BCUT2D eigenvalue weighted by Gasteiger charge is -2.46. The van der Waals surface area contributed by atoms with E-state index in [1.807, 2.05) is 32.0 Å². The van der Waals surface area contributed by atoms with Crippen molar-refractivity contribution < 1.29 is 19.8 Å². The molecule has 2 aliphatic heterocycles. The van der Waals surface area contributed by atoms with Gasteiger partial charge in [0.2, 0.25) is 5.91 Å². The number of aromatic nitrogens is 1. The van der Waals surface area contributed by atoms with E-state index in [0.717, 1.165) is 10.6 Å². The third-order valence-electron chi connectivity index (χ3n) is 4.86. The highest BCUT2D eigenvalue weighted by Gasteiger charge is 2.60. The van der Waals surface area contributed by atoms with Crippen LogP contribution in [0.4, 0.5) is 0 Å². The molecule has 1 amide bonds. The van der Waals surface area contributed by atoms with Gasteiger partial charge in [0.25, 0.3) is 0 Å². The van der Waals surface area contributed by atoms with E-state index in [-0.39, 0.29) is 28.8 Å². The summed E-state index contributed by atoms with van der Waals surface area (Å²) >= 11 is 1.49. The van der Waals surface area contributed by atoms with Crippen LogP contribution in [0.15, 0.2) is 35.0 Å². The van der Waals surface area contributed by atoms with E-state index >= 15 is 0 Å². The molecule has 2 N–H and O–H groups in total. The zero-order chi connectivity index (χ0) is 18.3. The summed E-state index contributed by atoms with van der Waals surface area (Å²) < 4.78 is 0. The van der Waals surface area contributed by atoms with Crippen LogP contribution >= 0.6 is 11.8 Å². The lowest BCUT2D eigenvalue weighted by Crippen LogP contribution is -2.63. The maximum atomic E-state index is 12.3. The van der Waals surface area contributed by atoms with E-state index in [4.69, 9.17) is 0 Å². The maximum Gasteiger partial charge on any atom is 0.353 e. The Hall–Kier alpha value is -1.86. The quantitative estimate of drug-likeness (QED) is 0.751. The molecule has 1 saturated heterocycles. The van der Waals surface area contributed by atoms with Crippen molar-refractivity contribution >= 4 is 23.6 Å². The van der Waals surface area contributed by atoms with Gasteiger partial charge in [0.05, 0.1) is 18.1 Å². The second-order valence-corrected chi connectivity index (χ2v) is 8.21. The lowest BCUT2D eigenvalue weighted by molar-refractivity contribution is -0.163. The highest BCUT2D eigenvalue weighted by atomic mass is 32.2. The number of aliphatic carboxylic acids is 1. The Morgan fingerprint density at radius 2 is 2.12 bits per heavy atom. The Bertz CT molecular complexity index is 719. The van der Waals surface area contributed by atoms with Crippen molar-refractivity contribution in [1.82, 2.24) is 9.88 Å². The van der Waals surface area contributed by atoms with Crippen LogP contribution in [0.3, 0.4) is 0 Å². The monoisotopic (exact) mass is 362 g/mol. The van der Waals surface area contributed by atoms with E-state index in [1.54, 1.807) is 13.1 Å². The first-order valence-electron chi connectivity index (χ1n) is 8.38. The third-order valence-corrected chi connectivity index (χ3v) is 6.25. The van der Waals surface area contributed by atoms with Crippen LogP contribution in [0.25, 0.3) is 0 Å². The van der Waals surface area contributed by atoms with Crippen molar-refractivity contribution in [2.75, 3.05) is 0 Å². The normalized spacial score (nSPS) is 27.8. The fourth-order valence-corrected chi connectivity index (χ4v) is 5.09. The number of β-lactam (4-membered cyclic amide) rings is 1. The first-order valence-corrected chi connectivity index (χ1v) is 9.26. The maximum absolute atomic E-state index is 12.3. The Morgan fingerprint density at radius 1 is 1.40 bits per heavy atom. The Balaban J connectivity index is 1.82.